The molecule has 1 fully saturated rings. The van der Waals surface area contributed by atoms with Crippen LogP contribution >= 0.6 is 11.8 Å². The van der Waals surface area contributed by atoms with E-state index >= 15 is 0 Å². The SMILES string of the molecule is CCOC(=O)C1=C(C)N=C2SC(=Cc3c4ccccc4cc4ccccc34)CN2C1c1ccc2c(c1)OCO2. The highest BCUT2D eigenvalue weighted by Crippen LogP contribution is 2.47. The Hall–Kier alpha value is -4.23. The van der Waals surface area contributed by atoms with E-state index in [2.05, 4.69) is 65.6 Å². The lowest BCUT2D eigenvalue weighted by Crippen LogP contribution is -2.36. The first-order valence-corrected chi connectivity index (χ1v) is 13.8. The van der Waals surface area contributed by atoms with E-state index in [1.807, 2.05) is 32.0 Å². The molecule has 3 aliphatic heterocycles. The molecular formula is C32H26N2O4S. The highest BCUT2D eigenvalue weighted by Gasteiger charge is 2.41. The van der Waals surface area contributed by atoms with Gasteiger partial charge in [0, 0.05) is 4.91 Å². The second-order valence-electron chi connectivity index (χ2n) is 9.70. The maximum atomic E-state index is 13.2. The van der Waals surface area contributed by atoms with Crippen LogP contribution in [0.1, 0.15) is 31.0 Å². The van der Waals surface area contributed by atoms with Crippen LogP contribution < -0.4 is 9.47 Å². The number of nitrogens with zero attached hydrogens (tertiary/aromatic N) is 2. The number of allylic oxidation sites excluding steroid dienone is 1. The molecule has 3 aliphatic rings. The van der Waals surface area contributed by atoms with Crippen LogP contribution in [0.25, 0.3) is 27.6 Å². The molecule has 0 saturated carbocycles. The monoisotopic (exact) mass is 534 g/mol. The van der Waals surface area contributed by atoms with Gasteiger partial charge in [-0.05, 0) is 70.8 Å². The number of thioether (sulfide) groups is 1. The molecule has 194 valence electrons. The summed E-state index contributed by atoms with van der Waals surface area (Å²) >= 11 is 1.66. The smallest absolute Gasteiger partial charge is 0.338 e. The number of rotatable bonds is 4. The van der Waals surface area contributed by atoms with Gasteiger partial charge in [-0.3, -0.25) is 0 Å². The first-order valence-electron chi connectivity index (χ1n) is 13.0. The highest BCUT2D eigenvalue weighted by molar-refractivity contribution is 8.17. The molecule has 0 radical (unpaired) electrons. The first-order chi connectivity index (χ1) is 19.1. The number of hydrogen-bond acceptors (Lipinski definition) is 7. The summed E-state index contributed by atoms with van der Waals surface area (Å²) in [7, 11) is 0. The first kappa shape index (κ1) is 23.9. The third kappa shape index (κ3) is 4.05. The van der Waals surface area contributed by atoms with Crippen molar-refractivity contribution in [1.82, 2.24) is 4.90 Å². The average molecular weight is 535 g/mol. The predicted octanol–water partition coefficient (Wildman–Crippen LogP) is 7.06. The lowest BCUT2D eigenvalue weighted by atomic mass is 9.94. The van der Waals surface area contributed by atoms with E-state index in [0.29, 0.717) is 35.9 Å². The number of fused-ring (bicyclic) bond motifs is 4. The van der Waals surface area contributed by atoms with Gasteiger partial charge in [-0.25, -0.2) is 9.79 Å². The zero-order chi connectivity index (χ0) is 26.5. The zero-order valence-electron chi connectivity index (χ0n) is 21.6. The third-order valence-electron chi connectivity index (χ3n) is 7.36. The van der Waals surface area contributed by atoms with Crippen LogP contribution in [0.2, 0.25) is 0 Å². The number of carbonyl (C=O) groups is 1. The summed E-state index contributed by atoms with van der Waals surface area (Å²) < 4.78 is 16.7. The van der Waals surface area contributed by atoms with Crippen molar-refractivity contribution in [1.29, 1.82) is 0 Å². The van der Waals surface area contributed by atoms with E-state index in [1.54, 1.807) is 11.8 Å². The number of hydrogen-bond donors (Lipinski definition) is 0. The van der Waals surface area contributed by atoms with Gasteiger partial charge in [0.25, 0.3) is 0 Å². The molecule has 0 N–H and O–H groups in total. The molecule has 0 bridgehead atoms. The molecule has 0 aliphatic carbocycles. The van der Waals surface area contributed by atoms with E-state index in [4.69, 9.17) is 19.2 Å². The Balaban J connectivity index is 1.34. The average Bonchev–Trinajstić information content (AvgIpc) is 3.58. The van der Waals surface area contributed by atoms with Crippen LogP contribution in [0.4, 0.5) is 0 Å². The van der Waals surface area contributed by atoms with E-state index in [0.717, 1.165) is 10.7 Å². The second-order valence-corrected chi connectivity index (χ2v) is 10.8. The van der Waals surface area contributed by atoms with Crippen molar-refractivity contribution >= 4 is 50.5 Å². The summed E-state index contributed by atoms with van der Waals surface area (Å²) in [4.78, 5) is 21.5. The lowest BCUT2D eigenvalue weighted by molar-refractivity contribution is -0.139. The summed E-state index contributed by atoms with van der Waals surface area (Å²) in [6.07, 6.45) is 2.28. The van der Waals surface area contributed by atoms with Gasteiger partial charge in [0.05, 0.1) is 30.5 Å². The van der Waals surface area contributed by atoms with Gasteiger partial charge in [-0.15, -0.1) is 0 Å². The Kier molecular flexibility index (Phi) is 5.81. The van der Waals surface area contributed by atoms with Crippen LogP contribution in [-0.4, -0.2) is 36.0 Å². The number of aliphatic imine (C=N–C) groups is 1. The largest absolute Gasteiger partial charge is 0.463 e. The van der Waals surface area contributed by atoms with Gasteiger partial charge in [0.15, 0.2) is 16.7 Å². The summed E-state index contributed by atoms with van der Waals surface area (Å²) in [5.41, 5.74) is 3.36. The third-order valence-corrected chi connectivity index (χ3v) is 8.38. The quantitative estimate of drug-likeness (QED) is 0.206. The minimum absolute atomic E-state index is 0.196. The van der Waals surface area contributed by atoms with Crippen molar-refractivity contribution in [3.05, 3.63) is 100 Å². The Morgan fingerprint density at radius 2 is 1.74 bits per heavy atom. The van der Waals surface area contributed by atoms with Crippen molar-refractivity contribution in [2.24, 2.45) is 4.99 Å². The summed E-state index contributed by atoms with van der Waals surface area (Å²) in [5.74, 6) is 1.05. The lowest BCUT2D eigenvalue weighted by Gasteiger charge is -2.34. The molecule has 1 saturated heterocycles. The fourth-order valence-electron chi connectivity index (χ4n) is 5.63. The Morgan fingerprint density at radius 3 is 2.49 bits per heavy atom. The van der Waals surface area contributed by atoms with Crippen molar-refractivity contribution in [2.75, 3.05) is 19.9 Å². The summed E-state index contributed by atoms with van der Waals surface area (Å²) in [5, 5.41) is 5.72. The molecular weight excluding hydrogens is 508 g/mol. The molecule has 4 aromatic rings. The molecule has 0 amide bonds. The predicted molar refractivity (Wildman–Crippen MR) is 156 cm³/mol. The van der Waals surface area contributed by atoms with Crippen LogP contribution in [-0.2, 0) is 9.53 Å². The van der Waals surface area contributed by atoms with E-state index in [9.17, 15) is 4.79 Å². The number of ether oxygens (including phenoxy) is 3. The number of carbonyl (C=O) groups excluding carboxylic acids is 1. The van der Waals surface area contributed by atoms with Crippen molar-refractivity contribution in [3.63, 3.8) is 0 Å². The van der Waals surface area contributed by atoms with Gasteiger partial charge in [0.1, 0.15) is 0 Å². The molecule has 1 atom stereocenters. The number of benzene rings is 4. The molecule has 39 heavy (non-hydrogen) atoms. The van der Waals surface area contributed by atoms with Gasteiger partial charge in [-0.2, -0.15) is 0 Å². The molecule has 7 rings (SSSR count). The van der Waals surface area contributed by atoms with Crippen LogP contribution in [0.5, 0.6) is 11.5 Å². The molecule has 1 unspecified atom stereocenters. The second kappa shape index (κ2) is 9.50. The van der Waals surface area contributed by atoms with Crippen LogP contribution in [0.15, 0.2) is 94.0 Å². The Bertz CT molecular complexity index is 1700. The maximum Gasteiger partial charge on any atom is 0.338 e. The van der Waals surface area contributed by atoms with Gasteiger partial charge >= 0.3 is 5.97 Å². The highest BCUT2D eigenvalue weighted by atomic mass is 32.2. The fraction of sp³-hybridized carbons (Fsp3) is 0.188. The van der Waals surface area contributed by atoms with Crippen LogP contribution in [0.3, 0.4) is 0 Å². The topological polar surface area (TPSA) is 60.4 Å². The van der Waals surface area contributed by atoms with Gasteiger partial charge in [-0.1, -0.05) is 66.4 Å². The minimum atomic E-state index is -0.353. The van der Waals surface area contributed by atoms with Gasteiger partial charge in [0.2, 0.25) is 6.79 Å². The minimum Gasteiger partial charge on any atom is -0.463 e. The fourth-order valence-corrected chi connectivity index (χ4v) is 6.71. The molecule has 0 aromatic heterocycles. The Labute approximate surface area is 230 Å². The maximum absolute atomic E-state index is 13.2. The Morgan fingerprint density at radius 1 is 1.03 bits per heavy atom. The normalized spacial score (nSPS) is 19.1. The van der Waals surface area contributed by atoms with Gasteiger partial charge < -0.3 is 19.1 Å². The number of amidine groups is 1. The molecule has 7 heteroatoms. The van der Waals surface area contributed by atoms with E-state index in [-0.39, 0.29) is 18.8 Å². The molecule has 3 heterocycles. The zero-order valence-corrected chi connectivity index (χ0v) is 22.5. The molecule has 0 spiro atoms. The van der Waals surface area contributed by atoms with Crippen LogP contribution in [0, 0.1) is 0 Å². The van der Waals surface area contributed by atoms with E-state index < -0.39 is 0 Å². The molecule has 6 nitrogen and oxygen atoms in total. The standard InChI is InChI=1S/C32H26N2O4S/c1-3-36-31(35)29-19(2)33-32-34(30(29)22-12-13-27-28(15-22)38-18-37-27)17-23(39-32)16-26-24-10-6-4-8-20(24)14-21-9-5-7-11-25(21)26/h4-16,30H,3,17-18H2,1-2H3. The van der Waals surface area contributed by atoms with Crippen molar-refractivity contribution in [2.45, 2.75) is 19.9 Å². The van der Waals surface area contributed by atoms with E-state index in [1.165, 1.54) is 32.0 Å². The van der Waals surface area contributed by atoms with Crippen molar-refractivity contribution < 1.29 is 19.0 Å². The summed E-state index contributed by atoms with van der Waals surface area (Å²) in [6.45, 7) is 4.82. The van der Waals surface area contributed by atoms with Crippen molar-refractivity contribution in [3.8, 4) is 11.5 Å². The number of esters is 1. The summed E-state index contributed by atoms with van der Waals surface area (Å²) in [6, 6.07) is 24.8. The molecule has 4 aromatic carbocycles.